The van der Waals surface area contributed by atoms with Crippen LogP contribution in [0.1, 0.15) is 19.5 Å². The molecule has 0 bridgehead atoms. The monoisotopic (exact) mass is 420 g/mol. The van der Waals surface area contributed by atoms with Crippen molar-refractivity contribution in [3.05, 3.63) is 23.9 Å². The number of halogens is 7. The Kier molecular flexibility index (Phi) is 6.92. The Morgan fingerprint density at radius 1 is 1.19 bits per heavy atom. The average Bonchev–Trinajstić information content (AvgIpc) is 2.48. The Bertz CT molecular complexity index is 692. The Morgan fingerprint density at radius 3 is 2.19 bits per heavy atom. The second kappa shape index (κ2) is 8.19. The van der Waals surface area contributed by atoms with Crippen molar-refractivity contribution >= 4 is 28.6 Å². The maximum atomic E-state index is 13.3. The minimum atomic E-state index is -6.11. The number of alkyl halides is 6. The standard InChI is InChI=1S/C14H15ClF6N4O2/c1-7(2)10(15)25-27-12(13(16,17)18,14(19,20)21)24-11(26)23-9-6-4-5-8(3)22-9/h4-7H,1-3H3,(H2,22,23,24,26)/b25-10-. The van der Waals surface area contributed by atoms with Gasteiger partial charge in [0.25, 0.3) is 0 Å². The van der Waals surface area contributed by atoms with Crippen molar-refractivity contribution in [3.63, 3.8) is 0 Å². The molecule has 0 unspecified atom stereocenters. The highest BCUT2D eigenvalue weighted by molar-refractivity contribution is 6.65. The molecule has 0 radical (unpaired) electrons. The molecule has 2 amide bonds. The lowest BCUT2D eigenvalue weighted by molar-refractivity contribution is -0.388. The summed E-state index contributed by atoms with van der Waals surface area (Å²) in [5.41, 5.74) is -4.75. The molecule has 6 nitrogen and oxygen atoms in total. The Hall–Kier alpha value is -2.24. The molecule has 0 saturated carbocycles. The van der Waals surface area contributed by atoms with Crippen LogP contribution in [0.5, 0.6) is 0 Å². The number of hydrogen-bond acceptors (Lipinski definition) is 4. The highest BCUT2D eigenvalue weighted by Gasteiger charge is 2.76. The molecule has 0 saturated heterocycles. The number of carbonyl (C=O) groups is 1. The molecular formula is C14H15ClF6N4O2. The number of hydrogen-bond donors (Lipinski definition) is 2. The zero-order valence-corrected chi connectivity index (χ0v) is 14.9. The van der Waals surface area contributed by atoms with E-state index in [4.69, 9.17) is 11.6 Å². The summed E-state index contributed by atoms with van der Waals surface area (Å²) in [5.74, 6) is -0.981. The fourth-order valence-electron chi connectivity index (χ4n) is 1.57. The number of pyridine rings is 1. The number of urea groups is 1. The molecule has 13 heteroatoms. The molecule has 1 aromatic heterocycles. The van der Waals surface area contributed by atoms with Crippen molar-refractivity contribution in [2.75, 3.05) is 5.32 Å². The lowest BCUT2D eigenvalue weighted by Gasteiger charge is -2.34. The van der Waals surface area contributed by atoms with Crippen molar-refractivity contribution in [1.29, 1.82) is 0 Å². The zero-order chi connectivity index (χ0) is 21.0. The third-order valence-corrected chi connectivity index (χ3v) is 3.47. The number of anilines is 1. The van der Waals surface area contributed by atoms with Gasteiger partial charge < -0.3 is 4.84 Å². The largest absolute Gasteiger partial charge is 0.461 e. The minimum Gasteiger partial charge on any atom is -0.346 e. The molecule has 0 aliphatic heterocycles. The third-order valence-electron chi connectivity index (χ3n) is 2.96. The van der Waals surface area contributed by atoms with E-state index in [1.54, 1.807) is 5.32 Å². The van der Waals surface area contributed by atoms with E-state index in [2.05, 4.69) is 15.0 Å². The van der Waals surface area contributed by atoms with Gasteiger partial charge >= 0.3 is 24.1 Å². The SMILES string of the molecule is Cc1cccc(NC(=O)NC(O/N=C(\Cl)C(C)C)(C(F)(F)F)C(F)(F)F)n1. The van der Waals surface area contributed by atoms with E-state index in [9.17, 15) is 31.1 Å². The van der Waals surface area contributed by atoms with Crippen LogP contribution in [0.2, 0.25) is 0 Å². The van der Waals surface area contributed by atoms with Crippen LogP contribution in [0.15, 0.2) is 23.4 Å². The van der Waals surface area contributed by atoms with Gasteiger partial charge in [0.2, 0.25) is 0 Å². The summed E-state index contributed by atoms with van der Waals surface area (Å²) in [5, 5.41) is 4.54. The normalized spacial score (nSPS) is 13.5. The molecule has 0 fully saturated rings. The number of oxime groups is 1. The van der Waals surface area contributed by atoms with Crippen LogP contribution in [0.4, 0.5) is 37.0 Å². The second-order valence-electron chi connectivity index (χ2n) is 5.58. The van der Waals surface area contributed by atoms with Crippen LogP contribution in [0, 0.1) is 12.8 Å². The number of nitrogens with zero attached hydrogens (tertiary/aromatic N) is 2. The Morgan fingerprint density at radius 2 is 1.74 bits per heavy atom. The summed E-state index contributed by atoms with van der Waals surface area (Å²) in [6, 6.07) is 2.20. The predicted octanol–water partition coefficient (Wildman–Crippen LogP) is 4.56. The predicted molar refractivity (Wildman–Crippen MR) is 85.2 cm³/mol. The summed E-state index contributed by atoms with van der Waals surface area (Å²) in [6.45, 7) is 4.23. The van der Waals surface area contributed by atoms with E-state index < -0.39 is 35.2 Å². The van der Waals surface area contributed by atoms with Crippen LogP contribution in [-0.4, -0.2) is 34.3 Å². The van der Waals surface area contributed by atoms with Crippen molar-refractivity contribution in [3.8, 4) is 0 Å². The molecule has 1 heterocycles. The van der Waals surface area contributed by atoms with E-state index in [0.29, 0.717) is 5.69 Å². The van der Waals surface area contributed by atoms with E-state index in [1.807, 2.05) is 0 Å². The number of rotatable bonds is 5. The van der Waals surface area contributed by atoms with Crippen LogP contribution in [0.3, 0.4) is 0 Å². The first-order valence-corrected chi connectivity index (χ1v) is 7.65. The minimum absolute atomic E-state index is 0.269. The zero-order valence-electron chi connectivity index (χ0n) is 14.2. The fourth-order valence-corrected chi connectivity index (χ4v) is 1.60. The van der Waals surface area contributed by atoms with Gasteiger partial charge in [0.15, 0.2) is 0 Å². The molecule has 152 valence electrons. The van der Waals surface area contributed by atoms with E-state index >= 15 is 0 Å². The van der Waals surface area contributed by atoms with Gasteiger partial charge in [0.05, 0.1) is 0 Å². The Balaban J connectivity index is 3.23. The molecule has 1 aromatic rings. The van der Waals surface area contributed by atoms with Gasteiger partial charge in [-0.05, 0) is 19.1 Å². The van der Waals surface area contributed by atoms with Gasteiger partial charge in [-0.1, -0.05) is 36.7 Å². The first kappa shape index (κ1) is 22.8. The lowest BCUT2D eigenvalue weighted by Crippen LogP contribution is -2.69. The van der Waals surface area contributed by atoms with Crippen molar-refractivity contribution in [1.82, 2.24) is 10.3 Å². The molecule has 0 aliphatic carbocycles. The van der Waals surface area contributed by atoms with Crippen LogP contribution in [0.25, 0.3) is 0 Å². The van der Waals surface area contributed by atoms with Gasteiger partial charge in [-0.15, -0.1) is 0 Å². The summed E-state index contributed by atoms with van der Waals surface area (Å²) >= 11 is 5.46. The number of carbonyl (C=O) groups excluding carboxylic acids is 1. The van der Waals surface area contributed by atoms with Gasteiger partial charge in [0.1, 0.15) is 11.0 Å². The molecular weight excluding hydrogens is 406 g/mol. The molecule has 2 N–H and O–H groups in total. The van der Waals surface area contributed by atoms with Gasteiger partial charge in [-0.25, -0.2) is 9.78 Å². The van der Waals surface area contributed by atoms with Gasteiger partial charge in [-0.2, -0.15) is 26.3 Å². The summed E-state index contributed by atoms with van der Waals surface area (Å²) in [7, 11) is 0. The smallest absolute Gasteiger partial charge is 0.346 e. The first-order chi connectivity index (χ1) is 12.2. The lowest BCUT2D eigenvalue weighted by atomic mass is 10.2. The van der Waals surface area contributed by atoms with E-state index in [-0.39, 0.29) is 5.82 Å². The van der Waals surface area contributed by atoms with Crippen LogP contribution < -0.4 is 10.6 Å². The highest BCUT2D eigenvalue weighted by atomic mass is 35.5. The first-order valence-electron chi connectivity index (χ1n) is 7.27. The highest BCUT2D eigenvalue weighted by Crippen LogP contribution is 2.44. The Labute approximate surface area is 154 Å². The van der Waals surface area contributed by atoms with Crippen molar-refractivity contribution in [2.45, 2.75) is 38.8 Å². The maximum absolute atomic E-state index is 13.3. The quantitative estimate of drug-likeness (QED) is 0.317. The van der Waals surface area contributed by atoms with Crippen molar-refractivity contribution in [2.24, 2.45) is 11.1 Å². The number of nitrogens with one attached hydrogen (secondary N) is 2. The molecule has 27 heavy (non-hydrogen) atoms. The molecule has 1 rings (SSSR count). The molecule has 0 atom stereocenters. The summed E-state index contributed by atoms with van der Waals surface area (Å²) < 4.78 is 79.6. The second-order valence-corrected chi connectivity index (χ2v) is 5.97. The number of amides is 2. The molecule has 0 spiro atoms. The summed E-state index contributed by atoms with van der Waals surface area (Å²) in [6.07, 6.45) is -12.2. The average molecular weight is 421 g/mol. The van der Waals surface area contributed by atoms with E-state index in [1.165, 1.54) is 39.0 Å². The molecule has 0 aliphatic rings. The van der Waals surface area contributed by atoms with Gasteiger partial charge in [-0.3, -0.25) is 10.6 Å². The van der Waals surface area contributed by atoms with Crippen LogP contribution in [-0.2, 0) is 4.84 Å². The fraction of sp³-hybridized carbons (Fsp3) is 0.500. The number of aromatic nitrogens is 1. The van der Waals surface area contributed by atoms with Crippen molar-refractivity contribution < 1.29 is 36.0 Å². The number of aryl methyl sites for hydroxylation is 1. The summed E-state index contributed by atoms with van der Waals surface area (Å²) in [4.78, 5) is 19.3. The maximum Gasteiger partial charge on any atom is 0.461 e. The topological polar surface area (TPSA) is 75.6 Å². The molecule has 0 aromatic carbocycles. The van der Waals surface area contributed by atoms with E-state index in [0.717, 1.165) is 5.32 Å². The third kappa shape index (κ3) is 5.62. The van der Waals surface area contributed by atoms with Crippen LogP contribution >= 0.6 is 11.6 Å². The van der Waals surface area contributed by atoms with Gasteiger partial charge in [0, 0.05) is 11.6 Å².